The molecule has 0 spiro atoms. The van der Waals surface area contributed by atoms with Crippen molar-refractivity contribution in [2.75, 3.05) is 0 Å². The van der Waals surface area contributed by atoms with E-state index < -0.39 is 5.97 Å². The fraction of sp³-hybridized carbons (Fsp3) is 0.320. The summed E-state index contributed by atoms with van der Waals surface area (Å²) >= 11 is 0. The number of amides is 1. The van der Waals surface area contributed by atoms with Crippen molar-refractivity contribution in [1.29, 1.82) is 5.26 Å². The molecule has 5 heteroatoms. The first-order chi connectivity index (χ1) is 14.3. The molecule has 2 aromatic carbocycles. The normalized spacial score (nSPS) is 16.6. The highest BCUT2D eigenvalue weighted by atomic mass is 16.5. The van der Waals surface area contributed by atoms with Gasteiger partial charge in [0.05, 0.1) is 29.9 Å². The molecule has 1 heterocycles. The van der Waals surface area contributed by atoms with E-state index in [1.807, 2.05) is 57.2 Å². The number of ether oxygens (including phenoxy) is 1. The van der Waals surface area contributed by atoms with E-state index >= 15 is 0 Å². The molecule has 1 amide bonds. The number of nitriles is 1. The molecule has 154 valence electrons. The number of hydrogen-bond donors (Lipinski definition) is 0. The summed E-state index contributed by atoms with van der Waals surface area (Å²) in [5, 5.41) is 9.39. The maximum absolute atomic E-state index is 13.1. The highest BCUT2D eigenvalue weighted by Crippen LogP contribution is 2.38. The second-order valence-electron chi connectivity index (χ2n) is 7.87. The fourth-order valence-electron chi connectivity index (χ4n) is 3.77. The summed E-state index contributed by atoms with van der Waals surface area (Å²) in [5.74, 6) is -0.835. The van der Waals surface area contributed by atoms with Gasteiger partial charge in [-0.2, -0.15) is 5.26 Å². The molecule has 1 aliphatic rings. The summed E-state index contributed by atoms with van der Waals surface area (Å²) in [7, 11) is 0. The number of aryl methyl sites for hydroxylation is 1. The summed E-state index contributed by atoms with van der Waals surface area (Å²) in [6.07, 6.45) is -0.0839. The Labute approximate surface area is 177 Å². The number of allylic oxidation sites excluding steroid dienone is 1. The average Bonchev–Trinajstić information content (AvgIpc) is 2.71. The summed E-state index contributed by atoms with van der Waals surface area (Å²) in [6, 6.07) is 17.2. The molecule has 0 bridgehead atoms. The Hall–Kier alpha value is -3.39. The Kier molecular flexibility index (Phi) is 6.37. The molecular weight excluding hydrogens is 376 g/mol. The van der Waals surface area contributed by atoms with Gasteiger partial charge in [0.15, 0.2) is 0 Å². The van der Waals surface area contributed by atoms with Crippen LogP contribution in [0.1, 0.15) is 55.4 Å². The van der Waals surface area contributed by atoms with Crippen LogP contribution >= 0.6 is 0 Å². The van der Waals surface area contributed by atoms with Gasteiger partial charge in [-0.05, 0) is 44.9 Å². The SMILES string of the molecule is CC1=C(C(=O)OC(C)C)C(c2ccc(C)cc2)CC(=O)N1Cc1ccccc1C#N. The Morgan fingerprint density at radius 1 is 1.17 bits per heavy atom. The van der Waals surface area contributed by atoms with Crippen molar-refractivity contribution >= 4 is 11.9 Å². The Balaban J connectivity index is 2.06. The fourth-order valence-corrected chi connectivity index (χ4v) is 3.77. The van der Waals surface area contributed by atoms with Crippen LogP contribution in [0.5, 0.6) is 0 Å². The van der Waals surface area contributed by atoms with Gasteiger partial charge in [0, 0.05) is 18.0 Å². The van der Waals surface area contributed by atoms with Crippen molar-refractivity contribution in [1.82, 2.24) is 4.90 Å². The van der Waals surface area contributed by atoms with E-state index in [1.54, 1.807) is 24.0 Å². The lowest BCUT2D eigenvalue weighted by molar-refractivity contribution is -0.143. The van der Waals surface area contributed by atoms with Gasteiger partial charge in [-0.3, -0.25) is 4.79 Å². The molecule has 0 saturated carbocycles. The maximum atomic E-state index is 13.1. The van der Waals surface area contributed by atoms with Gasteiger partial charge in [-0.25, -0.2) is 4.79 Å². The molecule has 2 aromatic rings. The number of hydrogen-bond acceptors (Lipinski definition) is 4. The van der Waals surface area contributed by atoms with E-state index in [-0.39, 0.29) is 30.9 Å². The Bertz CT molecular complexity index is 1030. The molecule has 0 saturated heterocycles. The minimum atomic E-state index is -0.404. The van der Waals surface area contributed by atoms with Crippen LogP contribution in [0.15, 0.2) is 59.8 Å². The van der Waals surface area contributed by atoms with E-state index in [0.717, 1.165) is 16.7 Å². The van der Waals surface area contributed by atoms with Gasteiger partial charge >= 0.3 is 5.97 Å². The number of benzene rings is 2. The van der Waals surface area contributed by atoms with Gasteiger partial charge in [0.2, 0.25) is 5.91 Å². The quantitative estimate of drug-likeness (QED) is 0.685. The van der Waals surface area contributed by atoms with Crippen molar-refractivity contribution in [3.8, 4) is 6.07 Å². The first-order valence-corrected chi connectivity index (χ1v) is 10.1. The second-order valence-corrected chi connectivity index (χ2v) is 7.87. The molecule has 0 radical (unpaired) electrons. The smallest absolute Gasteiger partial charge is 0.336 e. The highest BCUT2D eigenvalue weighted by Gasteiger charge is 2.37. The predicted molar refractivity (Wildman–Crippen MR) is 114 cm³/mol. The first kappa shape index (κ1) is 21.3. The van der Waals surface area contributed by atoms with Gasteiger partial charge in [0.25, 0.3) is 0 Å². The largest absolute Gasteiger partial charge is 0.460 e. The van der Waals surface area contributed by atoms with Crippen LogP contribution in [0.2, 0.25) is 0 Å². The summed E-state index contributed by atoms with van der Waals surface area (Å²) in [4.78, 5) is 27.7. The van der Waals surface area contributed by atoms with E-state index in [9.17, 15) is 14.9 Å². The molecule has 0 N–H and O–H groups in total. The van der Waals surface area contributed by atoms with Crippen LogP contribution in [0.4, 0.5) is 0 Å². The highest BCUT2D eigenvalue weighted by molar-refractivity contribution is 5.96. The van der Waals surface area contributed by atoms with Crippen LogP contribution < -0.4 is 0 Å². The summed E-state index contributed by atoms with van der Waals surface area (Å²) in [5.41, 5.74) is 4.38. The minimum Gasteiger partial charge on any atom is -0.460 e. The zero-order valence-electron chi connectivity index (χ0n) is 17.8. The van der Waals surface area contributed by atoms with Gasteiger partial charge in [-0.1, -0.05) is 48.0 Å². The van der Waals surface area contributed by atoms with Gasteiger partial charge in [-0.15, -0.1) is 0 Å². The number of esters is 1. The van der Waals surface area contributed by atoms with Gasteiger partial charge < -0.3 is 9.64 Å². The van der Waals surface area contributed by atoms with E-state index in [2.05, 4.69) is 6.07 Å². The lowest BCUT2D eigenvalue weighted by Crippen LogP contribution is -2.38. The molecule has 3 rings (SSSR count). The van der Waals surface area contributed by atoms with Crippen LogP contribution in [0.25, 0.3) is 0 Å². The van der Waals surface area contributed by atoms with Crippen molar-refractivity contribution < 1.29 is 14.3 Å². The van der Waals surface area contributed by atoms with Gasteiger partial charge in [0.1, 0.15) is 0 Å². The van der Waals surface area contributed by atoms with Crippen LogP contribution in [-0.2, 0) is 20.9 Å². The second kappa shape index (κ2) is 8.96. The number of carbonyl (C=O) groups is 2. The maximum Gasteiger partial charge on any atom is 0.336 e. The third-order valence-corrected chi connectivity index (χ3v) is 5.33. The van der Waals surface area contributed by atoms with E-state index in [1.165, 1.54) is 0 Å². The third-order valence-electron chi connectivity index (χ3n) is 5.33. The molecule has 30 heavy (non-hydrogen) atoms. The zero-order valence-corrected chi connectivity index (χ0v) is 17.8. The van der Waals surface area contributed by atoms with E-state index in [4.69, 9.17) is 4.74 Å². The van der Waals surface area contributed by atoms with Crippen molar-refractivity contribution in [2.24, 2.45) is 0 Å². The molecule has 0 aromatic heterocycles. The molecule has 5 nitrogen and oxygen atoms in total. The van der Waals surface area contributed by atoms with Crippen molar-refractivity contribution in [3.63, 3.8) is 0 Å². The van der Waals surface area contributed by atoms with Crippen LogP contribution in [0.3, 0.4) is 0 Å². The monoisotopic (exact) mass is 402 g/mol. The number of carbonyl (C=O) groups excluding carboxylic acids is 2. The van der Waals surface area contributed by atoms with Crippen LogP contribution in [-0.4, -0.2) is 22.9 Å². The van der Waals surface area contributed by atoms with Crippen LogP contribution in [0, 0.1) is 18.3 Å². The standard InChI is InChI=1S/C25H26N2O3/c1-16(2)30-25(29)24-18(4)27(15-21-8-6-5-7-20(21)14-26)23(28)13-22(24)19-11-9-17(3)10-12-19/h5-12,16,22H,13,15H2,1-4H3. The molecule has 0 fully saturated rings. The summed E-state index contributed by atoms with van der Waals surface area (Å²) < 4.78 is 5.53. The average molecular weight is 402 g/mol. The minimum absolute atomic E-state index is 0.0769. The lowest BCUT2D eigenvalue weighted by atomic mass is 9.83. The van der Waals surface area contributed by atoms with Crippen molar-refractivity contribution in [3.05, 3.63) is 82.1 Å². The van der Waals surface area contributed by atoms with Crippen molar-refractivity contribution in [2.45, 2.75) is 52.7 Å². The molecule has 1 aliphatic heterocycles. The number of rotatable bonds is 5. The Morgan fingerprint density at radius 2 is 1.83 bits per heavy atom. The lowest BCUT2D eigenvalue weighted by Gasteiger charge is -2.35. The molecule has 0 aliphatic carbocycles. The third kappa shape index (κ3) is 4.44. The number of nitrogens with zero attached hydrogens (tertiary/aromatic N) is 2. The topological polar surface area (TPSA) is 70.4 Å². The summed E-state index contributed by atoms with van der Waals surface area (Å²) in [6.45, 7) is 7.64. The Morgan fingerprint density at radius 3 is 2.47 bits per heavy atom. The first-order valence-electron chi connectivity index (χ1n) is 10.1. The predicted octanol–water partition coefficient (Wildman–Crippen LogP) is 4.61. The van der Waals surface area contributed by atoms with E-state index in [0.29, 0.717) is 16.8 Å². The molecule has 1 atom stereocenters. The molecule has 1 unspecified atom stereocenters. The molecular formula is C25H26N2O3. The zero-order chi connectivity index (χ0) is 21.8.